The number of aromatic nitrogens is 3. The maximum Gasteiger partial charge on any atom is 0.270 e. The number of fused-ring (bicyclic) bond motifs is 1. The van der Waals surface area contributed by atoms with Gasteiger partial charge in [0.2, 0.25) is 0 Å². The summed E-state index contributed by atoms with van der Waals surface area (Å²) >= 11 is 0. The Hall–Kier alpha value is -3.38. The SMILES string of the molecule is N#Cc1cccc2c(C(=O)N[C@H]3CC[C@H](N4CCC(F)(F)C4)CC3)nc(-n3ccnc3)cc12. The summed E-state index contributed by atoms with van der Waals surface area (Å²) in [5, 5.41) is 13.9. The Balaban J connectivity index is 1.35. The molecule has 2 fully saturated rings. The van der Waals surface area contributed by atoms with Gasteiger partial charge in [-0.05, 0) is 37.8 Å². The second-order valence-electron chi connectivity index (χ2n) is 8.87. The lowest BCUT2D eigenvalue weighted by atomic mass is 9.90. The fraction of sp³-hybridized carbons (Fsp3) is 0.417. The summed E-state index contributed by atoms with van der Waals surface area (Å²) in [5.74, 6) is -2.37. The second-order valence-corrected chi connectivity index (χ2v) is 8.87. The Morgan fingerprint density at radius 1 is 1.21 bits per heavy atom. The summed E-state index contributed by atoms with van der Waals surface area (Å²) in [6.45, 7) is 0.278. The maximum absolute atomic E-state index is 13.6. The number of nitriles is 1. The van der Waals surface area contributed by atoms with Gasteiger partial charge in [0.25, 0.3) is 11.8 Å². The Morgan fingerprint density at radius 2 is 2.03 bits per heavy atom. The van der Waals surface area contributed by atoms with E-state index in [1.165, 1.54) is 0 Å². The van der Waals surface area contributed by atoms with Gasteiger partial charge in [-0.15, -0.1) is 0 Å². The number of hydrogen-bond acceptors (Lipinski definition) is 5. The Bertz CT molecular complexity index is 1210. The van der Waals surface area contributed by atoms with Crippen molar-refractivity contribution >= 4 is 16.7 Å². The van der Waals surface area contributed by atoms with Crippen LogP contribution >= 0.6 is 0 Å². The molecule has 2 aromatic heterocycles. The molecule has 5 rings (SSSR count). The first-order chi connectivity index (χ1) is 15.9. The number of alkyl halides is 2. The van der Waals surface area contributed by atoms with Crippen molar-refractivity contribution in [2.45, 2.75) is 50.1 Å². The highest BCUT2D eigenvalue weighted by molar-refractivity contribution is 6.07. The van der Waals surface area contributed by atoms with Crippen LogP contribution in [0.3, 0.4) is 0 Å². The molecule has 3 heterocycles. The van der Waals surface area contributed by atoms with Crippen LogP contribution in [0.2, 0.25) is 0 Å². The number of nitrogens with zero attached hydrogens (tertiary/aromatic N) is 5. The van der Waals surface area contributed by atoms with Gasteiger partial charge < -0.3 is 5.32 Å². The van der Waals surface area contributed by atoms with Gasteiger partial charge in [-0.25, -0.2) is 18.7 Å². The zero-order valence-electron chi connectivity index (χ0n) is 18.0. The number of carbonyl (C=O) groups is 1. The van der Waals surface area contributed by atoms with Crippen molar-refractivity contribution in [3.63, 3.8) is 0 Å². The van der Waals surface area contributed by atoms with E-state index in [0.29, 0.717) is 28.7 Å². The quantitative estimate of drug-likeness (QED) is 0.655. The fourth-order valence-electron chi connectivity index (χ4n) is 4.97. The molecule has 1 aliphatic heterocycles. The van der Waals surface area contributed by atoms with E-state index in [2.05, 4.69) is 21.4 Å². The van der Waals surface area contributed by atoms with Gasteiger partial charge >= 0.3 is 0 Å². The van der Waals surface area contributed by atoms with E-state index in [4.69, 9.17) is 0 Å². The van der Waals surface area contributed by atoms with Crippen LogP contribution in [-0.4, -0.2) is 56.4 Å². The molecule has 3 aromatic rings. The largest absolute Gasteiger partial charge is 0.348 e. The number of amides is 1. The minimum atomic E-state index is -2.58. The Kier molecular flexibility index (Phi) is 5.54. The summed E-state index contributed by atoms with van der Waals surface area (Å²) in [4.78, 5) is 23.8. The highest BCUT2D eigenvalue weighted by Gasteiger charge is 2.41. The molecule has 0 unspecified atom stereocenters. The first-order valence-electron chi connectivity index (χ1n) is 11.2. The molecule has 2 aliphatic rings. The highest BCUT2D eigenvalue weighted by atomic mass is 19.3. The van der Waals surface area contributed by atoms with Gasteiger partial charge in [0.05, 0.1) is 18.2 Å². The molecule has 1 aliphatic carbocycles. The second kappa shape index (κ2) is 8.52. The van der Waals surface area contributed by atoms with Gasteiger partial charge in [-0.2, -0.15) is 5.26 Å². The third-order valence-electron chi connectivity index (χ3n) is 6.71. The van der Waals surface area contributed by atoms with Crippen LogP contribution in [-0.2, 0) is 0 Å². The molecular formula is C24H24F2N6O. The standard InChI is InChI=1S/C24H24F2N6O/c25-24(26)8-10-31(14-24)18-6-4-17(5-7-18)29-23(33)22-19-3-1-2-16(13-27)20(19)12-21(30-22)32-11-9-28-15-32/h1-3,9,11-12,15,17-18H,4-8,10,14H2,(H,29,33)/t17-,18-. The van der Waals surface area contributed by atoms with E-state index in [1.54, 1.807) is 47.6 Å². The van der Waals surface area contributed by atoms with Crippen molar-refractivity contribution in [1.82, 2.24) is 24.8 Å². The minimum Gasteiger partial charge on any atom is -0.348 e. The van der Waals surface area contributed by atoms with Gasteiger partial charge in [0, 0.05) is 48.2 Å². The van der Waals surface area contributed by atoms with Crippen molar-refractivity contribution in [2.24, 2.45) is 0 Å². The van der Waals surface area contributed by atoms with Crippen LogP contribution < -0.4 is 5.32 Å². The van der Waals surface area contributed by atoms with Crippen LogP contribution in [0, 0.1) is 11.3 Å². The minimum absolute atomic E-state index is 0.0373. The van der Waals surface area contributed by atoms with E-state index in [1.807, 2.05) is 4.90 Å². The zero-order chi connectivity index (χ0) is 23.0. The van der Waals surface area contributed by atoms with Crippen molar-refractivity contribution in [1.29, 1.82) is 5.26 Å². The number of nitrogens with one attached hydrogen (secondary N) is 1. The number of pyridine rings is 1. The third-order valence-corrected chi connectivity index (χ3v) is 6.71. The molecule has 7 nitrogen and oxygen atoms in total. The Labute approximate surface area is 190 Å². The average Bonchev–Trinajstić information content (AvgIpc) is 3.48. The van der Waals surface area contributed by atoms with E-state index in [0.717, 1.165) is 25.7 Å². The summed E-state index contributed by atoms with van der Waals surface area (Å²) in [5.41, 5.74) is 0.725. The molecule has 1 saturated heterocycles. The lowest BCUT2D eigenvalue weighted by Gasteiger charge is -2.34. The highest BCUT2D eigenvalue weighted by Crippen LogP contribution is 2.33. The van der Waals surface area contributed by atoms with Gasteiger partial charge in [0.15, 0.2) is 0 Å². The van der Waals surface area contributed by atoms with Crippen LogP contribution in [0.5, 0.6) is 0 Å². The number of halogens is 2. The lowest BCUT2D eigenvalue weighted by Crippen LogP contribution is -2.44. The first kappa shape index (κ1) is 21.5. The molecule has 1 saturated carbocycles. The summed E-state index contributed by atoms with van der Waals surface area (Å²) < 4.78 is 28.8. The third kappa shape index (κ3) is 4.31. The summed E-state index contributed by atoms with van der Waals surface area (Å²) in [7, 11) is 0. The molecule has 1 aromatic carbocycles. The van der Waals surface area contributed by atoms with Crippen molar-refractivity contribution in [3.8, 4) is 11.9 Å². The van der Waals surface area contributed by atoms with Gasteiger partial charge in [0.1, 0.15) is 17.8 Å². The average molecular weight is 450 g/mol. The Morgan fingerprint density at radius 3 is 2.70 bits per heavy atom. The van der Waals surface area contributed by atoms with E-state index >= 15 is 0 Å². The molecular weight excluding hydrogens is 426 g/mol. The van der Waals surface area contributed by atoms with E-state index in [9.17, 15) is 18.8 Å². The molecule has 0 bridgehead atoms. The number of likely N-dealkylation sites (tertiary alicyclic amines) is 1. The predicted octanol–water partition coefficient (Wildman–Crippen LogP) is 3.67. The van der Waals surface area contributed by atoms with Crippen LogP contribution in [0.1, 0.15) is 48.2 Å². The molecule has 1 N–H and O–H groups in total. The molecule has 33 heavy (non-hydrogen) atoms. The molecule has 170 valence electrons. The summed E-state index contributed by atoms with van der Waals surface area (Å²) in [6, 6.07) is 9.32. The predicted molar refractivity (Wildman–Crippen MR) is 118 cm³/mol. The number of carbonyl (C=O) groups excluding carboxylic acids is 1. The number of hydrogen-bond donors (Lipinski definition) is 1. The van der Waals surface area contributed by atoms with Crippen molar-refractivity contribution in [2.75, 3.05) is 13.1 Å². The normalized spacial score (nSPS) is 22.8. The van der Waals surface area contributed by atoms with E-state index in [-0.39, 0.29) is 36.7 Å². The molecule has 1 amide bonds. The first-order valence-corrected chi connectivity index (χ1v) is 11.2. The van der Waals surface area contributed by atoms with Crippen LogP contribution in [0.15, 0.2) is 43.0 Å². The molecule has 9 heteroatoms. The van der Waals surface area contributed by atoms with Crippen molar-refractivity contribution < 1.29 is 13.6 Å². The number of imidazole rings is 1. The molecule has 0 spiro atoms. The van der Waals surface area contributed by atoms with Crippen LogP contribution in [0.4, 0.5) is 8.78 Å². The summed E-state index contributed by atoms with van der Waals surface area (Å²) in [6.07, 6.45) is 7.91. The molecule has 0 atom stereocenters. The van der Waals surface area contributed by atoms with Crippen LogP contribution in [0.25, 0.3) is 16.6 Å². The fourth-order valence-corrected chi connectivity index (χ4v) is 4.97. The monoisotopic (exact) mass is 450 g/mol. The van der Waals surface area contributed by atoms with Gasteiger partial charge in [-0.3, -0.25) is 14.3 Å². The maximum atomic E-state index is 13.6. The van der Waals surface area contributed by atoms with Gasteiger partial charge in [-0.1, -0.05) is 12.1 Å². The number of benzene rings is 1. The topological polar surface area (TPSA) is 86.8 Å². The smallest absolute Gasteiger partial charge is 0.270 e. The molecule has 0 radical (unpaired) electrons. The number of rotatable bonds is 4. The lowest BCUT2D eigenvalue weighted by molar-refractivity contribution is 0.00504. The van der Waals surface area contributed by atoms with Crippen molar-refractivity contribution in [3.05, 3.63) is 54.2 Å². The van der Waals surface area contributed by atoms with E-state index < -0.39 is 5.92 Å². The zero-order valence-corrected chi connectivity index (χ0v) is 18.0.